The van der Waals surface area contributed by atoms with Crippen molar-refractivity contribution in [1.82, 2.24) is 4.98 Å². The number of hydrogen-bond acceptors (Lipinski definition) is 2. The van der Waals surface area contributed by atoms with Crippen molar-refractivity contribution in [2.75, 3.05) is 0 Å². The number of carboxylic acids is 1. The van der Waals surface area contributed by atoms with Gasteiger partial charge in [0.05, 0.1) is 12.1 Å². The Morgan fingerprint density at radius 1 is 1.57 bits per heavy atom. The van der Waals surface area contributed by atoms with E-state index in [1.165, 1.54) is 6.07 Å². The number of carboxylic acid groups (broad SMARTS) is 1. The van der Waals surface area contributed by atoms with Gasteiger partial charge >= 0.3 is 5.97 Å². The molecule has 0 saturated heterocycles. The summed E-state index contributed by atoms with van der Waals surface area (Å²) in [5.74, 6) is -1.52. The van der Waals surface area contributed by atoms with E-state index in [-0.39, 0.29) is 24.2 Å². The molecule has 76 valence electrons. The molecule has 0 radical (unpaired) electrons. The molecule has 1 aromatic heterocycles. The van der Waals surface area contributed by atoms with Crippen LogP contribution in [-0.4, -0.2) is 16.1 Å². The van der Waals surface area contributed by atoms with Crippen LogP contribution in [-0.2, 0) is 4.79 Å². The third-order valence-corrected chi connectivity index (χ3v) is 2.24. The second kappa shape index (κ2) is 3.92. The highest BCUT2D eigenvalue weighted by Gasteiger charge is 2.45. The third kappa shape index (κ3) is 2.01. The highest BCUT2D eigenvalue weighted by molar-refractivity contribution is 5.85. The number of aromatic nitrogens is 1. The molecule has 3 nitrogen and oxygen atoms in total. The molecule has 1 aromatic rings. The molecule has 2 unspecified atom stereocenters. The Kier molecular flexibility index (Phi) is 3.06. The normalized spacial score (nSPS) is 23.8. The minimum absolute atomic E-state index is 0. The van der Waals surface area contributed by atoms with E-state index in [1.807, 2.05) is 0 Å². The van der Waals surface area contributed by atoms with Gasteiger partial charge in [-0.3, -0.25) is 9.78 Å². The zero-order chi connectivity index (χ0) is 9.42. The Balaban J connectivity index is 0.000000980. The summed E-state index contributed by atoms with van der Waals surface area (Å²) in [6.07, 6.45) is 1.74. The molecule has 0 aromatic carbocycles. The molecule has 1 N–H and O–H groups in total. The predicted molar refractivity (Wildman–Crippen MR) is 49.9 cm³/mol. The van der Waals surface area contributed by atoms with Crippen molar-refractivity contribution < 1.29 is 14.3 Å². The van der Waals surface area contributed by atoms with Gasteiger partial charge in [-0.1, -0.05) is 0 Å². The van der Waals surface area contributed by atoms with Gasteiger partial charge in [-0.25, -0.2) is 4.39 Å². The topological polar surface area (TPSA) is 50.2 Å². The Morgan fingerprint density at radius 3 is 2.71 bits per heavy atom. The van der Waals surface area contributed by atoms with Gasteiger partial charge < -0.3 is 5.11 Å². The molecular formula is C9H9ClFNO2. The zero-order valence-electron chi connectivity index (χ0n) is 7.18. The van der Waals surface area contributed by atoms with Crippen LogP contribution in [0.15, 0.2) is 18.3 Å². The summed E-state index contributed by atoms with van der Waals surface area (Å²) in [6.45, 7) is 0. The van der Waals surface area contributed by atoms with Crippen LogP contribution in [0.25, 0.3) is 0 Å². The van der Waals surface area contributed by atoms with Crippen LogP contribution < -0.4 is 0 Å². The highest BCUT2D eigenvalue weighted by Crippen LogP contribution is 2.46. The minimum atomic E-state index is -0.795. The van der Waals surface area contributed by atoms with Crippen molar-refractivity contribution in [3.05, 3.63) is 29.8 Å². The lowest BCUT2D eigenvalue weighted by Crippen LogP contribution is -1.99. The number of halogens is 2. The van der Waals surface area contributed by atoms with Crippen molar-refractivity contribution in [3.63, 3.8) is 0 Å². The molecule has 1 saturated carbocycles. The molecule has 1 fully saturated rings. The SMILES string of the molecule is Cl.O=C(O)C1CC1c1ccc(F)cn1. The molecule has 2 rings (SSSR count). The van der Waals surface area contributed by atoms with Gasteiger partial charge in [-0.2, -0.15) is 0 Å². The average Bonchev–Trinajstić information content (AvgIpc) is 2.85. The molecule has 0 aliphatic heterocycles. The fourth-order valence-electron chi connectivity index (χ4n) is 1.40. The lowest BCUT2D eigenvalue weighted by molar-refractivity contribution is -0.138. The van der Waals surface area contributed by atoms with E-state index < -0.39 is 11.8 Å². The first-order valence-electron chi connectivity index (χ1n) is 4.03. The van der Waals surface area contributed by atoms with Crippen LogP contribution in [0.3, 0.4) is 0 Å². The summed E-state index contributed by atoms with van der Waals surface area (Å²) in [7, 11) is 0. The van der Waals surface area contributed by atoms with Crippen LogP contribution in [0.4, 0.5) is 4.39 Å². The van der Waals surface area contributed by atoms with E-state index in [2.05, 4.69) is 4.98 Å². The van der Waals surface area contributed by atoms with Crippen molar-refractivity contribution >= 4 is 18.4 Å². The number of nitrogens with zero attached hydrogens (tertiary/aromatic N) is 1. The van der Waals surface area contributed by atoms with Gasteiger partial charge in [0.1, 0.15) is 5.82 Å². The second-order valence-corrected chi connectivity index (χ2v) is 3.19. The van der Waals surface area contributed by atoms with Gasteiger partial charge in [0.25, 0.3) is 0 Å². The van der Waals surface area contributed by atoms with Gasteiger partial charge in [-0.05, 0) is 18.6 Å². The summed E-state index contributed by atoms with van der Waals surface area (Å²) in [5.41, 5.74) is 0.675. The van der Waals surface area contributed by atoms with Crippen LogP contribution in [0.5, 0.6) is 0 Å². The van der Waals surface area contributed by atoms with Crippen LogP contribution >= 0.6 is 12.4 Å². The summed E-state index contributed by atoms with van der Waals surface area (Å²) in [6, 6.07) is 2.85. The maximum Gasteiger partial charge on any atom is 0.307 e. The average molecular weight is 218 g/mol. The molecule has 1 aliphatic rings. The number of hydrogen-bond donors (Lipinski definition) is 1. The molecule has 14 heavy (non-hydrogen) atoms. The molecule has 1 aliphatic carbocycles. The van der Waals surface area contributed by atoms with Crippen LogP contribution in [0.2, 0.25) is 0 Å². The van der Waals surface area contributed by atoms with Crippen molar-refractivity contribution in [3.8, 4) is 0 Å². The van der Waals surface area contributed by atoms with E-state index in [1.54, 1.807) is 6.07 Å². The fraction of sp³-hybridized carbons (Fsp3) is 0.333. The number of pyridine rings is 1. The number of rotatable bonds is 2. The molecule has 0 bridgehead atoms. The first-order valence-corrected chi connectivity index (χ1v) is 4.03. The van der Waals surface area contributed by atoms with E-state index >= 15 is 0 Å². The largest absolute Gasteiger partial charge is 0.481 e. The zero-order valence-corrected chi connectivity index (χ0v) is 8.00. The summed E-state index contributed by atoms with van der Waals surface area (Å²) < 4.78 is 12.4. The van der Waals surface area contributed by atoms with Gasteiger partial charge in [-0.15, -0.1) is 12.4 Å². The monoisotopic (exact) mass is 217 g/mol. The summed E-state index contributed by atoms with van der Waals surface area (Å²) >= 11 is 0. The smallest absolute Gasteiger partial charge is 0.307 e. The Bertz CT molecular complexity index is 341. The van der Waals surface area contributed by atoms with Gasteiger partial charge in [0, 0.05) is 11.6 Å². The quantitative estimate of drug-likeness (QED) is 0.822. The molecule has 2 atom stereocenters. The highest BCUT2D eigenvalue weighted by atomic mass is 35.5. The molecule has 0 spiro atoms. The van der Waals surface area contributed by atoms with Gasteiger partial charge in [0.2, 0.25) is 0 Å². The first kappa shape index (κ1) is 10.9. The molecule has 5 heteroatoms. The van der Waals surface area contributed by atoms with Crippen LogP contribution in [0.1, 0.15) is 18.0 Å². The Morgan fingerprint density at radius 2 is 2.29 bits per heavy atom. The van der Waals surface area contributed by atoms with E-state index in [0.717, 1.165) is 6.20 Å². The Hall–Kier alpha value is -1.16. The molecule has 0 amide bonds. The molecule has 1 heterocycles. The number of carbonyl (C=O) groups is 1. The second-order valence-electron chi connectivity index (χ2n) is 3.19. The summed E-state index contributed by atoms with van der Waals surface area (Å²) in [4.78, 5) is 14.3. The first-order chi connectivity index (χ1) is 6.18. The minimum Gasteiger partial charge on any atom is -0.481 e. The van der Waals surface area contributed by atoms with Gasteiger partial charge in [0.15, 0.2) is 0 Å². The third-order valence-electron chi connectivity index (χ3n) is 2.24. The van der Waals surface area contributed by atoms with Crippen LogP contribution in [0, 0.1) is 11.7 Å². The van der Waals surface area contributed by atoms with E-state index in [9.17, 15) is 9.18 Å². The summed E-state index contributed by atoms with van der Waals surface area (Å²) in [5, 5.41) is 8.64. The lowest BCUT2D eigenvalue weighted by Gasteiger charge is -1.95. The molecular weight excluding hydrogens is 209 g/mol. The lowest BCUT2D eigenvalue weighted by atomic mass is 10.2. The standard InChI is InChI=1S/C9H8FNO2.ClH/c10-5-1-2-8(11-4-5)6-3-7(6)9(12)13;/h1-2,4,6-7H,3H2,(H,12,13);1H. The fourth-order valence-corrected chi connectivity index (χ4v) is 1.40. The predicted octanol–water partition coefficient (Wildman–Crippen LogP) is 1.83. The number of aliphatic carboxylic acids is 1. The maximum absolute atomic E-state index is 12.4. The van der Waals surface area contributed by atoms with Crippen molar-refractivity contribution in [2.24, 2.45) is 5.92 Å². The van der Waals surface area contributed by atoms with Crippen molar-refractivity contribution in [1.29, 1.82) is 0 Å². The maximum atomic E-state index is 12.4. The van der Waals surface area contributed by atoms with Crippen molar-refractivity contribution in [2.45, 2.75) is 12.3 Å². The van der Waals surface area contributed by atoms with E-state index in [4.69, 9.17) is 5.11 Å². The Labute approximate surface area is 86.4 Å². The van der Waals surface area contributed by atoms with E-state index in [0.29, 0.717) is 12.1 Å².